The van der Waals surface area contributed by atoms with Gasteiger partial charge in [0.25, 0.3) is 0 Å². The summed E-state index contributed by atoms with van der Waals surface area (Å²) in [6.07, 6.45) is 0.912. The van der Waals surface area contributed by atoms with Crippen molar-refractivity contribution in [1.82, 2.24) is 4.72 Å². The van der Waals surface area contributed by atoms with E-state index in [1.165, 1.54) is 12.1 Å². The molecule has 1 heterocycles. The van der Waals surface area contributed by atoms with Crippen molar-refractivity contribution in [3.8, 4) is 0 Å². The van der Waals surface area contributed by atoms with Crippen LogP contribution in [0.4, 0.5) is 0 Å². The van der Waals surface area contributed by atoms with Crippen LogP contribution in [0, 0.1) is 5.92 Å². The number of aliphatic carboxylic acids is 1. The summed E-state index contributed by atoms with van der Waals surface area (Å²) in [5, 5.41) is 8.67. The Kier molecular flexibility index (Phi) is 5.58. The molecule has 0 saturated heterocycles. The van der Waals surface area contributed by atoms with Crippen LogP contribution < -0.4 is 4.72 Å². The summed E-state index contributed by atoms with van der Waals surface area (Å²) in [6, 6.07) is 2.96. The lowest BCUT2D eigenvalue weighted by Gasteiger charge is -2.07. The summed E-state index contributed by atoms with van der Waals surface area (Å²) < 4.78 is 26.5. The molecule has 18 heavy (non-hydrogen) atoms. The molecule has 1 aromatic rings. The van der Waals surface area contributed by atoms with E-state index in [-0.39, 0.29) is 10.8 Å². The molecule has 0 aliphatic rings. The van der Waals surface area contributed by atoms with Crippen LogP contribution in [-0.2, 0) is 14.8 Å². The molecule has 0 aliphatic carbocycles. The maximum Gasteiger partial charge on any atom is 0.306 e. The molecule has 0 saturated carbocycles. The maximum atomic E-state index is 11.7. The highest BCUT2D eigenvalue weighted by atomic mass is 35.5. The number of nitrogens with one attached hydrogen (secondary N) is 1. The molecule has 0 aliphatic heterocycles. The molecule has 1 aromatic heterocycles. The Morgan fingerprint density at radius 1 is 1.56 bits per heavy atom. The van der Waals surface area contributed by atoms with Crippen molar-refractivity contribution in [2.45, 2.75) is 24.0 Å². The molecule has 1 atom stereocenters. The first kappa shape index (κ1) is 15.4. The zero-order chi connectivity index (χ0) is 13.8. The summed E-state index contributed by atoms with van der Waals surface area (Å²) in [6.45, 7) is 1.81. The van der Waals surface area contributed by atoms with Gasteiger partial charge in [-0.1, -0.05) is 18.5 Å². The molecule has 8 heteroatoms. The van der Waals surface area contributed by atoms with Crippen molar-refractivity contribution in [3.63, 3.8) is 0 Å². The lowest BCUT2D eigenvalue weighted by molar-refractivity contribution is -0.141. The van der Waals surface area contributed by atoms with E-state index in [9.17, 15) is 13.2 Å². The van der Waals surface area contributed by atoms with Gasteiger partial charge in [0.1, 0.15) is 4.21 Å². The molecule has 5 nitrogen and oxygen atoms in total. The molecule has 0 fully saturated rings. The van der Waals surface area contributed by atoms with Crippen LogP contribution in [0.2, 0.25) is 4.34 Å². The van der Waals surface area contributed by atoms with Crippen LogP contribution in [0.5, 0.6) is 0 Å². The average Bonchev–Trinajstić information content (AvgIpc) is 2.71. The van der Waals surface area contributed by atoms with Crippen molar-refractivity contribution in [2.24, 2.45) is 5.92 Å². The number of hydrogen-bond donors (Lipinski definition) is 2. The molecule has 0 radical (unpaired) electrons. The van der Waals surface area contributed by atoms with Gasteiger partial charge in [-0.3, -0.25) is 4.79 Å². The number of thiophene rings is 1. The summed E-state index contributed by atoms with van der Waals surface area (Å²) in [4.78, 5) is 10.6. The number of rotatable bonds is 7. The second-order valence-corrected chi connectivity index (χ2v) is 7.55. The number of halogens is 1. The first-order valence-corrected chi connectivity index (χ1v) is 7.98. The molecule has 0 aromatic carbocycles. The Hall–Kier alpha value is -0.630. The third-order valence-electron chi connectivity index (χ3n) is 2.34. The Labute approximate surface area is 115 Å². The van der Waals surface area contributed by atoms with Crippen LogP contribution in [-0.4, -0.2) is 26.0 Å². The van der Waals surface area contributed by atoms with Crippen molar-refractivity contribution >= 4 is 38.9 Å². The van der Waals surface area contributed by atoms with E-state index >= 15 is 0 Å². The lowest BCUT2D eigenvalue weighted by Crippen LogP contribution is -2.24. The van der Waals surface area contributed by atoms with E-state index < -0.39 is 21.9 Å². The number of carboxylic acids is 1. The van der Waals surface area contributed by atoms with Crippen molar-refractivity contribution in [1.29, 1.82) is 0 Å². The second kappa shape index (κ2) is 6.51. The molecule has 102 valence electrons. The number of carboxylic acid groups (broad SMARTS) is 1. The number of hydrogen-bond acceptors (Lipinski definition) is 4. The smallest absolute Gasteiger partial charge is 0.306 e. The Balaban J connectivity index is 2.42. The SMILES string of the molecule is CC(CCCNS(=O)(=O)c1ccc(Cl)s1)C(=O)O. The third kappa shape index (κ3) is 4.56. The van der Waals surface area contributed by atoms with E-state index in [1.54, 1.807) is 6.92 Å². The Morgan fingerprint density at radius 2 is 2.22 bits per heavy atom. The molecule has 1 rings (SSSR count). The highest BCUT2D eigenvalue weighted by molar-refractivity contribution is 7.91. The predicted molar refractivity (Wildman–Crippen MR) is 70.6 cm³/mol. The minimum atomic E-state index is -3.52. The zero-order valence-corrected chi connectivity index (χ0v) is 12.1. The summed E-state index contributed by atoms with van der Waals surface area (Å²) in [5.41, 5.74) is 0. The average molecular weight is 312 g/mol. The van der Waals surface area contributed by atoms with Crippen molar-refractivity contribution < 1.29 is 18.3 Å². The van der Waals surface area contributed by atoms with Crippen LogP contribution >= 0.6 is 22.9 Å². The van der Waals surface area contributed by atoms with Gasteiger partial charge >= 0.3 is 5.97 Å². The largest absolute Gasteiger partial charge is 0.481 e. The minimum Gasteiger partial charge on any atom is -0.481 e. The zero-order valence-electron chi connectivity index (χ0n) is 9.72. The van der Waals surface area contributed by atoms with Gasteiger partial charge in [-0.15, -0.1) is 11.3 Å². The van der Waals surface area contributed by atoms with Gasteiger partial charge < -0.3 is 5.11 Å². The van der Waals surface area contributed by atoms with E-state index in [4.69, 9.17) is 16.7 Å². The van der Waals surface area contributed by atoms with Crippen LogP contribution in [0.15, 0.2) is 16.3 Å². The quantitative estimate of drug-likeness (QED) is 0.756. The van der Waals surface area contributed by atoms with E-state index in [2.05, 4.69) is 4.72 Å². The van der Waals surface area contributed by atoms with Crippen LogP contribution in [0.3, 0.4) is 0 Å². The number of carbonyl (C=O) groups is 1. The van der Waals surface area contributed by atoms with E-state index in [1.807, 2.05) is 0 Å². The van der Waals surface area contributed by atoms with Gasteiger partial charge in [0.2, 0.25) is 10.0 Å². The summed E-state index contributed by atoms with van der Waals surface area (Å²) in [5.74, 6) is -1.34. The fourth-order valence-corrected chi connectivity index (χ4v) is 3.85. The first-order valence-electron chi connectivity index (χ1n) is 5.31. The Bertz CT molecular complexity index is 512. The fourth-order valence-electron chi connectivity index (χ4n) is 1.25. The Morgan fingerprint density at radius 3 is 2.72 bits per heavy atom. The van der Waals surface area contributed by atoms with Crippen LogP contribution in [0.1, 0.15) is 19.8 Å². The molecule has 1 unspecified atom stereocenters. The minimum absolute atomic E-state index is 0.166. The van der Waals surface area contributed by atoms with Gasteiger partial charge in [-0.25, -0.2) is 13.1 Å². The molecular weight excluding hydrogens is 298 g/mol. The fraction of sp³-hybridized carbons (Fsp3) is 0.500. The first-order chi connectivity index (χ1) is 8.33. The predicted octanol–water partition coefficient (Wildman–Crippen LogP) is 2.18. The standard InChI is InChI=1S/C10H14ClNO4S2/c1-7(10(13)14)3-2-6-12-18(15,16)9-5-4-8(11)17-9/h4-5,7,12H,2-3,6H2,1H3,(H,13,14). The molecule has 2 N–H and O–H groups in total. The van der Waals surface area contributed by atoms with Gasteiger partial charge in [-0.2, -0.15) is 0 Å². The number of sulfonamides is 1. The van der Waals surface area contributed by atoms with Crippen molar-refractivity contribution in [3.05, 3.63) is 16.5 Å². The van der Waals surface area contributed by atoms with Gasteiger partial charge in [0, 0.05) is 6.54 Å². The van der Waals surface area contributed by atoms with Gasteiger partial charge in [0.05, 0.1) is 10.3 Å². The van der Waals surface area contributed by atoms with Gasteiger partial charge in [0.15, 0.2) is 0 Å². The topological polar surface area (TPSA) is 83.5 Å². The highest BCUT2D eigenvalue weighted by Gasteiger charge is 2.16. The normalized spacial score (nSPS) is 13.4. The third-order valence-corrected chi connectivity index (χ3v) is 5.52. The highest BCUT2D eigenvalue weighted by Crippen LogP contribution is 2.25. The summed E-state index contributed by atoms with van der Waals surface area (Å²) in [7, 11) is -3.52. The van der Waals surface area contributed by atoms with E-state index in [0.717, 1.165) is 11.3 Å². The molecular formula is C10H14ClNO4S2. The van der Waals surface area contributed by atoms with Crippen LogP contribution in [0.25, 0.3) is 0 Å². The van der Waals surface area contributed by atoms with Gasteiger partial charge in [-0.05, 0) is 25.0 Å². The second-order valence-electron chi connectivity index (χ2n) is 3.84. The molecule has 0 spiro atoms. The molecule has 0 bridgehead atoms. The molecule has 0 amide bonds. The lowest BCUT2D eigenvalue weighted by atomic mass is 10.1. The van der Waals surface area contributed by atoms with E-state index in [0.29, 0.717) is 17.2 Å². The summed E-state index contributed by atoms with van der Waals surface area (Å²) >= 11 is 6.65. The van der Waals surface area contributed by atoms with Crippen molar-refractivity contribution in [2.75, 3.05) is 6.54 Å². The monoisotopic (exact) mass is 311 g/mol. The maximum absolute atomic E-state index is 11.7.